The van der Waals surface area contributed by atoms with E-state index in [1.165, 1.54) is 0 Å². The molecule has 2 aliphatic rings. The van der Waals surface area contributed by atoms with Gasteiger partial charge in [-0.05, 0) is 31.9 Å². The summed E-state index contributed by atoms with van der Waals surface area (Å²) in [6.45, 7) is 8.81. The van der Waals surface area contributed by atoms with Crippen LogP contribution in [0.5, 0.6) is 0 Å². The molecule has 1 atom stereocenters. The normalized spacial score (nSPS) is 22.5. The van der Waals surface area contributed by atoms with E-state index in [0.29, 0.717) is 12.5 Å². The summed E-state index contributed by atoms with van der Waals surface area (Å²) >= 11 is 0. The summed E-state index contributed by atoms with van der Waals surface area (Å²) in [5.74, 6) is 0.486. The first-order chi connectivity index (χ1) is 11.7. The smallest absolute Gasteiger partial charge is 0.250 e. The minimum absolute atomic E-state index is 0.0535. The molecule has 1 N–H and O–H groups in total. The van der Waals surface area contributed by atoms with E-state index in [1.54, 1.807) is 10.6 Å². The van der Waals surface area contributed by atoms with Crippen LogP contribution in [0.3, 0.4) is 0 Å². The molecule has 3 rings (SSSR count). The van der Waals surface area contributed by atoms with Crippen LogP contribution >= 0.6 is 0 Å². The van der Waals surface area contributed by atoms with E-state index >= 15 is 0 Å². The van der Waals surface area contributed by atoms with Crippen molar-refractivity contribution in [2.45, 2.75) is 32.9 Å². The fourth-order valence-corrected chi connectivity index (χ4v) is 3.63. The van der Waals surface area contributed by atoms with Crippen molar-refractivity contribution in [3.05, 3.63) is 34.2 Å². The monoisotopic (exact) mass is 332 g/mol. The van der Waals surface area contributed by atoms with Crippen LogP contribution < -0.4 is 10.9 Å². The zero-order chi connectivity index (χ0) is 16.9. The first-order valence-corrected chi connectivity index (χ1v) is 9.08. The molecule has 0 aliphatic carbocycles. The minimum atomic E-state index is 0.0535. The van der Waals surface area contributed by atoms with E-state index in [-0.39, 0.29) is 11.5 Å². The quantitative estimate of drug-likeness (QED) is 0.873. The largest absolute Gasteiger partial charge is 0.340 e. The molecule has 6 nitrogen and oxygen atoms in total. The Kier molecular flexibility index (Phi) is 5.68. The predicted octanol–water partition coefficient (Wildman–Crippen LogP) is 0.512. The van der Waals surface area contributed by atoms with Gasteiger partial charge in [0.25, 0.3) is 5.56 Å². The van der Waals surface area contributed by atoms with Crippen molar-refractivity contribution < 1.29 is 4.79 Å². The Morgan fingerprint density at radius 1 is 1.25 bits per heavy atom. The van der Waals surface area contributed by atoms with E-state index < -0.39 is 0 Å². The van der Waals surface area contributed by atoms with Crippen LogP contribution in [-0.4, -0.2) is 59.5 Å². The highest BCUT2D eigenvalue weighted by molar-refractivity contribution is 5.79. The maximum atomic E-state index is 12.6. The van der Waals surface area contributed by atoms with Crippen LogP contribution in [0.4, 0.5) is 0 Å². The van der Waals surface area contributed by atoms with Crippen LogP contribution in [0.2, 0.25) is 0 Å². The Labute approximate surface area is 143 Å². The molecule has 2 aliphatic heterocycles. The van der Waals surface area contributed by atoms with Gasteiger partial charge in [0.2, 0.25) is 5.91 Å². The summed E-state index contributed by atoms with van der Waals surface area (Å²) < 4.78 is 1.74. The number of piperazine rings is 1. The maximum Gasteiger partial charge on any atom is 0.250 e. The van der Waals surface area contributed by atoms with Crippen molar-refractivity contribution in [2.24, 2.45) is 5.92 Å². The molecule has 1 aromatic rings. The van der Waals surface area contributed by atoms with Crippen molar-refractivity contribution in [1.29, 1.82) is 0 Å². The highest BCUT2D eigenvalue weighted by Gasteiger charge is 2.28. The average Bonchev–Trinajstić information content (AvgIpc) is 2.64. The molecule has 24 heavy (non-hydrogen) atoms. The van der Waals surface area contributed by atoms with Crippen molar-refractivity contribution in [1.82, 2.24) is 19.7 Å². The molecule has 0 unspecified atom stereocenters. The van der Waals surface area contributed by atoms with Gasteiger partial charge in [-0.1, -0.05) is 6.07 Å². The third kappa shape index (κ3) is 4.05. The molecule has 0 spiro atoms. The van der Waals surface area contributed by atoms with Crippen LogP contribution in [0, 0.1) is 5.92 Å². The van der Waals surface area contributed by atoms with Gasteiger partial charge in [0, 0.05) is 58.1 Å². The number of carbonyl (C=O) groups excluding carboxylic acids is 1. The van der Waals surface area contributed by atoms with Gasteiger partial charge in [0.05, 0.1) is 5.92 Å². The number of hydrogen-bond donors (Lipinski definition) is 1. The van der Waals surface area contributed by atoms with E-state index in [9.17, 15) is 9.59 Å². The zero-order valence-electron chi connectivity index (χ0n) is 14.5. The average molecular weight is 332 g/mol. The molecule has 1 aromatic heterocycles. The standard InChI is InChI=1S/C18H28N4O2/c1-2-21-14-15(5-6-17(21)23)13-20-8-10-22(11-9-20)18(24)16-4-3-7-19-12-16/h5-6,14,16,19H,2-4,7-13H2,1H3/t16-/m0/s1. The second kappa shape index (κ2) is 7.94. The summed E-state index contributed by atoms with van der Waals surface area (Å²) in [5.41, 5.74) is 1.21. The molecule has 2 saturated heterocycles. The van der Waals surface area contributed by atoms with Gasteiger partial charge in [-0.25, -0.2) is 0 Å². The first kappa shape index (κ1) is 17.2. The predicted molar refractivity (Wildman–Crippen MR) is 93.8 cm³/mol. The fraction of sp³-hybridized carbons (Fsp3) is 0.667. The highest BCUT2D eigenvalue weighted by atomic mass is 16.2. The van der Waals surface area contributed by atoms with E-state index in [0.717, 1.165) is 64.2 Å². The number of carbonyl (C=O) groups is 1. The Hall–Kier alpha value is -1.66. The number of rotatable bonds is 4. The van der Waals surface area contributed by atoms with Gasteiger partial charge in [0.1, 0.15) is 0 Å². The summed E-state index contributed by atoms with van der Waals surface area (Å²) in [6.07, 6.45) is 4.07. The number of hydrogen-bond acceptors (Lipinski definition) is 4. The van der Waals surface area contributed by atoms with Crippen LogP contribution in [0.15, 0.2) is 23.1 Å². The van der Waals surface area contributed by atoms with Crippen molar-refractivity contribution in [2.75, 3.05) is 39.3 Å². The summed E-state index contributed by atoms with van der Waals surface area (Å²) in [4.78, 5) is 28.6. The second-order valence-electron chi connectivity index (χ2n) is 6.81. The Morgan fingerprint density at radius 3 is 2.71 bits per heavy atom. The number of aromatic nitrogens is 1. The lowest BCUT2D eigenvalue weighted by Crippen LogP contribution is -2.51. The number of nitrogens with zero attached hydrogens (tertiary/aromatic N) is 3. The van der Waals surface area contributed by atoms with E-state index in [2.05, 4.69) is 10.2 Å². The Balaban J connectivity index is 1.51. The Bertz CT molecular complexity index is 614. The molecule has 1 amide bonds. The van der Waals surface area contributed by atoms with Gasteiger partial charge in [-0.2, -0.15) is 0 Å². The number of piperidine rings is 1. The van der Waals surface area contributed by atoms with Gasteiger partial charge in [-0.3, -0.25) is 14.5 Å². The van der Waals surface area contributed by atoms with E-state index in [4.69, 9.17) is 0 Å². The van der Waals surface area contributed by atoms with Crippen LogP contribution in [0.25, 0.3) is 0 Å². The van der Waals surface area contributed by atoms with Gasteiger partial charge < -0.3 is 14.8 Å². The van der Waals surface area contributed by atoms with E-state index in [1.807, 2.05) is 24.1 Å². The third-order valence-corrected chi connectivity index (χ3v) is 5.12. The Morgan fingerprint density at radius 2 is 2.04 bits per heavy atom. The summed E-state index contributed by atoms with van der Waals surface area (Å²) in [5, 5.41) is 3.33. The molecule has 0 aromatic carbocycles. The maximum absolute atomic E-state index is 12.6. The second-order valence-corrected chi connectivity index (χ2v) is 6.81. The number of aryl methyl sites for hydroxylation is 1. The number of amides is 1. The molecule has 132 valence electrons. The fourth-order valence-electron chi connectivity index (χ4n) is 3.63. The number of nitrogens with one attached hydrogen (secondary N) is 1. The summed E-state index contributed by atoms with van der Waals surface area (Å²) in [7, 11) is 0. The van der Waals surface area contributed by atoms with Gasteiger partial charge >= 0.3 is 0 Å². The molecule has 2 fully saturated rings. The minimum Gasteiger partial charge on any atom is -0.340 e. The van der Waals surface area contributed by atoms with Crippen molar-refractivity contribution >= 4 is 5.91 Å². The van der Waals surface area contributed by atoms with Gasteiger partial charge in [-0.15, -0.1) is 0 Å². The molecule has 0 saturated carbocycles. The highest BCUT2D eigenvalue weighted by Crippen LogP contribution is 2.15. The van der Waals surface area contributed by atoms with Crippen LogP contribution in [-0.2, 0) is 17.9 Å². The molecular weight excluding hydrogens is 304 g/mol. The van der Waals surface area contributed by atoms with Gasteiger partial charge in [0.15, 0.2) is 0 Å². The van der Waals surface area contributed by atoms with Crippen LogP contribution in [0.1, 0.15) is 25.3 Å². The molecule has 3 heterocycles. The molecular formula is C18H28N4O2. The lowest BCUT2D eigenvalue weighted by Gasteiger charge is -2.37. The molecule has 6 heteroatoms. The number of pyridine rings is 1. The van der Waals surface area contributed by atoms with Crippen molar-refractivity contribution in [3.63, 3.8) is 0 Å². The SMILES string of the molecule is CCn1cc(CN2CCN(C(=O)[C@H]3CCCNC3)CC2)ccc1=O. The zero-order valence-corrected chi connectivity index (χ0v) is 14.5. The first-order valence-electron chi connectivity index (χ1n) is 9.08. The molecule has 0 radical (unpaired) electrons. The topological polar surface area (TPSA) is 57.6 Å². The van der Waals surface area contributed by atoms with Crippen molar-refractivity contribution in [3.8, 4) is 0 Å². The lowest BCUT2D eigenvalue weighted by atomic mass is 9.98. The third-order valence-electron chi connectivity index (χ3n) is 5.12. The molecule has 0 bridgehead atoms. The summed E-state index contributed by atoms with van der Waals surface area (Å²) in [6, 6.07) is 3.56. The lowest BCUT2D eigenvalue weighted by molar-refractivity contribution is -0.137.